The lowest BCUT2D eigenvalue weighted by molar-refractivity contribution is 0.322. The van der Waals surface area contributed by atoms with Gasteiger partial charge in [0.15, 0.2) is 17.5 Å². The van der Waals surface area contributed by atoms with Gasteiger partial charge in [0.2, 0.25) is 5.75 Å². The quantitative estimate of drug-likeness (QED) is 0.471. The minimum Gasteiger partial charge on any atom is -0.496 e. The highest BCUT2D eigenvalue weighted by Crippen LogP contribution is 2.39. The SMILES string of the molecule is CCNC(=NCc1ccccc1OC)NCCc1ccc(OC)c(OC)c1OC. The van der Waals surface area contributed by atoms with Gasteiger partial charge in [0.25, 0.3) is 0 Å². The fourth-order valence-electron chi connectivity index (χ4n) is 3.02. The van der Waals surface area contributed by atoms with Gasteiger partial charge in [-0.25, -0.2) is 4.99 Å². The van der Waals surface area contributed by atoms with Crippen LogP contribution in [0.1, 0.15) is 18.1 Å². The molecule has 0 aliphatic carbocycles. The zero-order chi connectivity index (χ0) is 21.1. The average molecular weight is 402 g/mol. The molecule has 7 heteroatoms. The second-order valence-electron chi connectivity index (χ2n) is 6.18. The topological polar surface area (TPSA) is 73.3 Å². The molecule has 0 heterocycles. The summed E-state index contributed by atoms with van der Waals surface area (Å²) in [6.07, 6.45) is 0.739. The molecule has 0 saturated heterocycles. The van der Waals surface area contributed by atoms with Crippen LogP contribution in [0.15, 0.2) is 41.4 Å². The predicted molar refractivity (Wildman–Crippen MR) is 116 cm³/mol. The molecular formula is C22H31N3O4. The van der Waals surface area contributed by atoms with Crippen LogP contribution in [-0.4, -0.2) is 47.5 Å². The predicted octanol–water partition coefficient (Wildman–Crippen LogP) is 3.02. The molecule has 0 unspecified atom stereocenters. The number of rotatable bonds is 10. The molecule has 0 radical (unpaired) electrons. The van der Waals surface area contributed by atoms with Gasteiger partial charge >= 0.3 is 0 Å². The van der Waals surface area contributed by atoms with Crippen molar-refractivity contribution in [1.82, 2.24) is 10.6 Å². The first kappa shape index (κ1) is 22.2. The maximum Gasteiger partial charge on any atom is 0.203 e. The third-order valence-corrected chi connectivity index (χ3v) is 4.42. The van der Waals surface area contributed by atoms with Crippen molar-refractivity contribution in [3.8, 4) is 23.0 Å². The third-order valence-electron chi connectivity index (χ3n) is 4.42. The summed E-state index contributed by atoms with van der Waals surface area (Å²) in [6, 6.07) is 11.8. The number of aliphatic imine (C=N–C) groups is 1. The summed E-state index contributed by atoms with van der Waals surface area (Å²) in [5.41, 5.74) is 2.06. The summed E-state index contributed by atoms with van der Waals surface area (Å²) in [7, 11) is 6.52. The molecule has 2 rings (SSSR count). The molecular weight excluding hydrogens is 370 g/mol. The van der Waals surface area contributed by atoms with E-state index in [2.05, 4.69) is 15.6 Å². The van der Waals surface area contributed by atoms with Crippen molar-refractivity contribution in [3.63, 3.8) is 0 Å². The maximum atomic E-state index is 5.55. The van der Waals surface area contributed by atoms with E-state index in [1.807, 2.05) is 43.3 Å². The van der Waals surface area contributed by atoms with Crippen molar-refractivity contribution >= 4 is 5.96 Å². The normalized spacial score (nSPS) is 11.0. The summed E-state index contributed by atoms with van der Waals surface area (Å²) >= 11 is 0. The average Bonchev–Trinajstić information content (AvgIpc) is 2.76. The minimum absolute atomic E-state index is 0.527. The molecule has 0 aliphatic rings. The molecule has 2 aromatic rings. The van der Waals surface area contributed by atoms with Crippen LogP contribution in [0.25, 0.3) is 0 Å². The van der Waals surface area contributed by atoms with Crippen molar-refractivity contribution in [1.29, 1.82) is 0 Å². The smallest absolute Gasteiger partial charge is 0.203 e. The highest BCUT2D eigenvalue weighted by Gasteiger charge is 2.15. The van der Waals surface area contributed by atoms with E-state index in [4.69, 9.17) is 18.9 Å². The van der Waals surface area contributed by atoms with Crippen LogP contribution < -0.4 is 29.6 Å². The third kappa shape index (κ3) is 5.94. The molecule has 0 aromatic heterocycles. The molecule has 158 valence electrons. The molecule has 0 amide bonds. The van der Waals surface area contributed by atoms with E-state index < -0.39 is 0 Å². The Labute approximate surface area is 173 Å². The largest absolute Gasteiger partial charge is 0.496 e. The number of guanidine groups is 1. The Morgan fingerprint density at radius 1 is 0.793 bits per heavy atom. The number of benzene rings is 2. The summed E-state index contributed by atoms with van der Waals surface area (Å²) in [6.45, 7) is 4.03. The summed E-state index contributed by atoms with van der Waals surface area (Å²) < 4.78 is 21.7. The van der Waals surface area contributed by atoms with Crippen LogP contribution >= 0.6 is 0 Å². The highest BCUT2D eigenvalue weighted by atomic mass is 16.5. The second kappa shape index (κ2) is 11.7. The zero-order valence-electron chi connectivity index (χ0n) is 17.9. The van der Waals surface area contributed by atoms with E-state index in [9.17, 15) is 0 Å². The maximum absolute atomic E-state index is 5.55. The van der Waals surface area contributed by atoms with Crippen LogP contribution in [0.3, 0.4) is 0 Å². The van der Waals surface area contributed by atoms with Crippen molar-refractivity contribution in [2.75, 3.05) is 41.5 Å². The van der Waals surface area contributed by atoms with Gasteiger partial charge in [-0.15, -0.1) is 0 Å². The van der Waals surface area contributed by atoms with E-state index in [1.165, 1.54) is 0 Å². The van der Waals surface area contributed by atoms with Gasteiger partial charge in [0, 0.05) is 24.2 Å². The molecule has 2 aromatic carbocycles. The first-order chi connectivity index (χ1) is 14.2. The van der Waals surface area contributed by atoms with Crippen molar-refractivity contribution in [2.24, 2.45) is 4.99 Å². The van der Waals surface area contributed by atoms with Crippen LogP contribution in [-0.2, 0) is 13.0 Å². The van der Waals surface area contributed by atoms with Gasteiger partial charge in [0.05, 0.1) is 35.0 Å². The van der Waals surface area contributed by atoms with Gasteiger partial charge in [-0.3, -0.25) is 0 Å². The standard InChI is InChI=1S/C22H31N3O4/c1-6-23-22(25-15-17-9-7-8-10-18(17)26-2)24-14-13-16-11-12-19(27-3)21(29-5)20(16)28-4/h7-12H,6,13-15H2,1-5H3,(H2,23,24,25). The van der Waals surface area contributed by atoms with Gasteiger partial charge in [-0.05, 0) is 25.5 Å². The van der Waals surface area contributed by atoms with Crippen LogP contribution in [0, 0.1) is 0 Å². The molecule has 0 spiro atoms. The van der Waals surface area contributed by atoms with E-state index in [1.54, 1.807) is 28.4 Å². The molecule has 0 bridgehead atoms. The monoisotopic (exact) mass is 401 g/mol. The van der Waals surface area contributed by atoms with E-state index >= 15 is 0 Å². The van der Waals surface area contributed by atoms with Gasteiger partial charge in [0.1, 0.15) is 5.75 Å². The first-order valence-corrected chi connectivity index (χ1v) is 9.60. The molecule has 7 nitrogen and oxygen atoms in total. The summed E-state index contributed by atoms with van der Waals surface area (Å²) in [4.78, 5) is 4.67. The van der Waals surface area contributed by atoms with Crippen LogP contribution in [0.5, 0.6) is 23.0 Å². The van der Waals surface area contributed by atoms with Crippen molar-refractivity contribution < 1.29 is 18.9 Å². The Balaban J connectivity index is 2.06. The van der Waals surface area contributed by atoms with E-state index in [-0.39, 0.29) is 0 Å². The molecule has 0 saturated carbocycles. The van der Waals surface area contributed by atoms with E-state index in [0.29, 0.717) is 30.3 Å². The molecule has 0 fully saturated rings. The number of para-hydroxylation sites is 1. The summed E-state index contributed by atoms with van der Waals surface area (Å²) in [5.74, 6) is 3.52. The van der Waals surface area contributed by atoms with Gasteiger partial charge < -0.3 is 29.6 Å². The lowest BCUT2D eigenvalue weighted by Gasteiger charge is -2.16. The molecule has 0 aliphatic heterocycles. The number of hydrogen-bond acceptors (Lipinski definition) is 5. The molecule has 2 N–H and O–H groups in total. The van der Waals surface area contributed by atoms with Crippen molar-refractivity contribution in [2.45, 2.75) is 19.9 Å². The number of methoxy groups -OCH3 is 4. The Morgan fingerprint density at radius 3 is 2.17 bits per heavy atom. The lowest BCUT2D eigenvalue weighted by Crippen LogP contribution is -2.38. The highest BCUT2D eigenvalue weighted by molar-refractivity contribution is 5.79. The van der Waals surface area contributed by atoms with E-state index in [0.717, 1.165) is 35.8 Å². The zero-order valence-corrected chi connectivity index (χ0v) is 17.9. The fourth-order valence-corrected chi connectivity index (χ4v) is 3.02. The number of nitrogens with one attached hydrogen (secondary N) is 2. The Kier molecular flexibility index (Phi) is 8.95. The number of hydrogen-bond donors (Lipinski definition) is 2. The van der Waals surface area contributed by atoms with Crippen LogP contribution in [0.4, 0.5) is 0 Å². The minimum atomic E-state index is 0.527. The lowest BCUT2D eigenvalue weighted by atomic mass is 10.1. The van der Waals surface area contributed by atoms with Crippen molar-refractivity contribution in [3.05, 3.63) is 47.5 Å². The van der Waals surface area contributed by atoms with Gasteiger partial charge in [-0.2, -0.15) is 0 Å². The van der Waals surface area contributed by atoms with Gasteiger partial charge in [-0.1, -0.05) is 24.3 Å². The fraction of sp³-hybridized carbons (Fsp3) is 0.409. The number of ether oxygens (including phenoxy) is 4. The summed E-state index contributed by atoms with van der Waals surface area (Å²) in [5, 5.41) is 6.63. The Morgan fingerprint density at radius 2 is 1.52 bits per heavy atom. The Bertz CT molecular complexity index is 809. The number of nitrogens with zero attached hydrogens (tertiary/aromatic N) is 1. The molecule has 0 atom stereocenters. The second-order valence-corrected chi connectivity index (χ2v) is 6.18. The molecule has 29 heavy (non-hydrogen) atoms. The first-order valence-electron chi connectivity index (χ1n) is 9.60. The van der Waals surface area contributed by atoms with Crippen LogP contribution in [0.2, 0.25) is 0 Å². The Hall–Kier alpha value is -3.09.